The molecule has 0 saturated carbocycles. The van der Waals surface area contributed by atoms with E-state index in [1.54, 1.807) is 6.26 Å². The molecule has 2 atom stereocenters. The number of hydrogen-bond acceptors (Lipinski definition) is 6. The van der Waals surface area contributed by atoms with E-state index >= 15 is 0 Å². The van der Waals surface area contributed by atoms with Crippen LogP contribution >= 0.6 is 11.5 Å². The number of furan rings is 1. The number of rotatable bonds is 4. The monoisotopic (exact) mass is 307 g/mol. The Hall–Kier alpha value is -1.40. The SMILES string of the molecule is Cc1nsc(N2CCCCCC2CC(O)c2ccco2)n1. The molecule has 1 fully saturated rings. The van der Waals surface area contributed by atoms with Crippen molar-refractivity contribution in [3.63, 3.8) is 0 Å². The van der Waals surface area contributed by atoms with Gasteiger partial charge in [0.2, 0.25) is 5.13 Å². The van der Waals surface area contributed by atoms with Crippen molar-refractivity contribution in [1.29, 1.82) is 0 Å². The lowest BCUT2D eigenvalue weighted by Gasteiger charge is -2.30. The molecule has 2 aromatic heterocycles. The maximum absolute atomic E-state index is 10.4. The summed E-state index contributed by atoms with van der Waals surface area (Å²) in [6.07, 6.45) is 6.41. The summed E-state index contributed by atoms with van der Waals surface area (Å²) in [6, 6.07) is 3.94. The van der Waals surface area contributed by atoms with Gasteiger partial charge in [-0.15, -0.1) is 0 Å². The molecule has 2 aromatic rings. The zero-order valence-electron chi connectivity index (χ0n) is 12.2. The van der Waals surface area contributed by atoms with Gasteiger partial charge in [0.1, 0.15) is 17.7 Å². The van der Waals surface area contributed by atoms with Crippen LogP contribution in [0.1, 0.15) is 49.8 Å². The van der Waals surface area contributed by atoms with E-state index in [4.69, 9.17) is 4.42 Å². The van der Waals surface area contributed by atoms with Crippen LogP contribution in [0.2, 0.25) is 0 Å². The molecule has 3 rings (SSSR count). The lowest BCUT2D eigenvalue weighted by atomic mass is 10.0. The van der Waals surface area contributed by atoms with Crippen LogP contribution < -0.4 is 4.90 Å². The summed E-state index contributed by atoms with van der Waals surface area (Å²) in [5, 5.41) is 11.3. The van der Waals surface area contributed by atoms with Crippen molar-refractivity contribution in [2.45, 2.75) is 51.2 Å². The van der Waals surface area contributed by atoms with Crippen molar-refractivity contribution in [3.05, 3.63) is 30.0 Å². The Balaban J connectivity index is 1.75. The summed E-state index contributed by atoms with van der Waals surface area (Å²) in [7, 11) is 0. The number of nitrogens with zero attached hydrogens (tertiary/aromatic N) is 3. The average molecular weight is 307 g/mol. The van der Waals surface area contributed by atoms with E-state index in [1.165, 1.54) is 30.8 Å². The lowest BCUT2D eigenvalue weighted by molar-refractivity contribution is 0.129. The highest BCUT2D eigenvalue weighted by Gasteiger charge is 2.27. The standard InChI is InChI=1S/C15H21N3O2S/c1-11-16-15(21-17-11)18-8-4-2-3-6-12(18)10-13(19)14-7-5-9-20-14/h5,7,9,12-13,19H,2-4,6,8,10H2,1H3. The van der Waals surface area contributed by atoms with Crippen LogP contribution in [0.4, 0.5) is 5.13 Å². The van der Waals surface area contributed by atoms with Crippen molar-refractivity contribution >= 4 is 16.7 Å². The molecule has 3 heterocycles. The van der Waals surface area contributed by atoms with E-state index in [0.717, 1.165) is 23.9 Å². The second-order valence-electron chi connectivity index (χ2n) is 5.59. The van der Waals surface area contributed by atoms with E-state index < -0.39 is 6.10 Å². The van der Waals surface area contributed by atoms with Crippen LogP contribution in [-0.4, -0.2) is 27.1 Å². The topological polar surface area (TPSA) is 62.4 Å². The number of aliphatic hydroxyl groups excluding tert-OH is 1. The Morgan fingerprint density at radius 2 is 2.38 bits per heavy atom. The van der Waals surface area contributed by atoms with Gasteiger partial charge < -0.3 is 14.4 Å². The van der Waals surface area contributed by atoms with Gasteiger partial charge in [0.05, 0.1) is 6.26 Å². The predicted molar refractivity (Wildman–Crippen MR) is 82.5 cm³/mol. The molecule has 1 N–H and O–H groups in total. The van der Waals surface area contributed by atoms with Gasteiger partial charge in [-0.25, -0.2) is 4.98 Å². The number of anilines is 1. The first-order chi connectivity index (χ1) is 10.2. The minimum Gasteiger partial charge on any atom is -0.467 e. The van der Waals surface area contributed by atoms with E-state index in [1.807, 2.05) is 19.1 Å². The zero-order chi connectivity index (χ0) is 14.7. The van der Waals surface area contributed by atoms with E-state index in [2.05, 4.69) is 14.3 Å². The fraction of sp³-hybridized carbons (Fsp3) is 0.600. The van der Waals surface area contributed by atoms with Crippen LogP contribution in [0.25, 0.3) is 0 Å². The summed E-state index contributed by atoms with van der Waals surface area (Å²) in [5.74, 6) is 1.47. The fourth-order valence-corrected chi connectivity index (χ4v) is 3.70. The molecule has 5 nitrogen and oxygen atoms in total. The van der Waals surface area contributed by atoms with Crippen molar-refractivity contribution in [2.24, 2.45) is 0 Å². The van der Waals surface area contributed by atoms with Crippen LogP contribution in [0, 0.1) is 6.92 Å². The van der Waals surface area contributed by atoms with Gasteiger partial charge in [0.25, 0.3) is 0 Å². The molecular weight excluding hydrogens is 286 g/mol. The quantitative estimate of drug-likeness (QED) is 0.939. The van der Waals surface area contributed by atoms with Crippen LogP contribution in [0.3, 0.4) is 0 Å². The molecule has 6 heteroatoms. The molecule has 114 valence electrons. The van der Waals surface area contributed by atoms with Crippen molar-refractivity contribution in [2.75, 3.05) is 11.4 Å². The molecule has 0 aromatic carbocycles. The van der Waals surface area contributed by atoms with Gasteiger partial charge >= 0.3 is 0 Å². The van der Waals surface area contributed by atoms with Gasteiger partial charge in [0.15, 0.2) is 0 Å². The summed E-state index contributed by atoms with van der Waals surface area (Å²) in [6.45, 7) is 2.91. The molecule has 0 radical (unpaired) electrons. The molecule has 1 saturated heterocycles. The molecule has 0 aliphatic carbocycles. The van der Waals surface area contributed by atoms with Gasteiger partial charge in [-0.2, -0.15) is 4.37 Å². The predicted octanol–water partition coefficient (Wildman–Crippen LogP) is 3.31. The summed E-state index contributed by atoms with van der Waals surface area (Å²) >= 11 is 1.45. The second kappa shape index (κ2) is 6.58. The van der Waals surface area contributed by atoms with Crippen LogP contribution in [0.15, 0.2) is 22.8 Å². The number of aryl methyl sites for hydroxylation is 1. The number of aliphatic hydroxyl groups is 1. The minimum atomic E-state index is -0.556. The van der Waals surface area contributed by atoms with Crippen LogP contribution in [0.5, 0.6) is 0 Å². The number of hydrogen-bond donors (Lipinski definition) is 1. The molecule has 1 aliphatic rings. The first kappa shape index (κ1) is 14.5. The highest BCUT2D eigenvalue weighted by molar-refractivity contribution is 7.09. The Morgan fingerprint density at radius 3 is 3.10 bits per heavy atom. The third-order valence-corrected chi connectivity index (χ3v) is 4.85. The molecule has 0 amide bonds. The first-order valence-electron chi connectivity index (χ1n) is 7.52. The molecular formula is C15H21N3O2S. The van der Waals surface area contributed by atoms with Crippen LogP contribution in [-0.2, 0) is 0 Å². The van der Waals surface area contributed by atoms with Crippen molar-refractivity contribution in [3.8, 4) is 0 Å². The van der Waals surface area contributed by atoms with Gasteiger partial charge in [-0.3, -0.25) is 0 Å². The maximum atomic E-state index is 10.4. The number of aromatic nitrogens is 2. The fourth-order valence-electron chi connectivity index (χ4n) is 2.93. The van der Waals surface area contributed by atoms with Gasteiger partial charge in [0, 0.05) is 30.5 Å². The Labute approximate surface area is 128 Å². The van der Waals surface area contributed by atoms with Crippen molar-refractivity contribution < 1.29 is 9.52 Å². The molecule has 21 heavy (non-hydrogen) atoms. The second-order valence-corrected chi connectivity index (χ2v) is 6.32. The largest absolute Gasteiger partial charge is 0.467 e. The molecule has 1 aliphatic heterocycles. The minimum absolute atomic E-state index is 0.292. The molecule has 2 unspecified atom stereocenters. The molecule has 0 bridgehead atoms. The smallest absolute Gasteiger partial charge is 0.205 e. The lowest BCUT2D eigenvalue weighted by Crippen LogP contribution is -2.36. The van der Waals surface area contributed by atoms with E-state index in [0.29, 0.717) is 18.2 Å². The summed E-state index contributed by atoms with van der Waals surface area (Å²) in [4.78, 5) is 6.85. The van der Waals surface area contributed by atoms with Gasteiger partial charge in [-0.1, -0.05) is 12.8 Å². The zero-order valence-corrected chi connectivity index (χ0v) is 13.1. The first-order valence-corrected chi connectivity index (χ1v) is 8.30. The Kier molecular flexibility index (Phi) is 4.55. The summed E-state index contributed by atoms with van der Waals surface area (Å²) < 4.78 is 9.61. The third-order valence-electron chi connectivity index (χ3n) is 4.01. The third kappa shape index (κ3) is 3.44. The highest BCUT2D eigenvalue weighted by atomic mass is 32.1. The highest BCUT2D eigenvalue weighted by Crippen LogP contribution is 2.31. The van der Waals surface area contributed by atoms with Gasteiger partial charge in [-0.05, 0) is 31.9 Å². The maximum Gasteiger partial charge on any atom is 0.205 e. The average Bonchev–Trinajstić information content (AvgIpc) is 3.09. The van der Waals surface area contributed by atoms with E-state index in [-0.39, 0.29) is 0 Å². The van der Waals surface area contributed by atoms with E-state index in [9.17, 15) is 5.11 Å². The molecule has 0 spiro atoms. The summed E-state index contributed by atoms with van der Waals surface area (Å²) in [5.41, 5.74) is 0. The Morgan fingerprint density at radius 1 is 1.48 bits per heavy atom. The normalized spacial score (nSPS) is 21.2. The van der Waals surface area contributed by atoms with Crippen molar-refractivity contribution in [1.82, 2.24) is 9.36 Å². The Bertz CT molecular complexity index is 555.